The summed E-state index contributed by atoms with van der Waals surface area (Å²) in [6.07, 6.45) is 10.5. The molecular weight excluding hydrogens is 184 g/mol. The van der Waals surface area contributed by atoms with Crippen molar-refractivity contribution < 1.29 is 0 Å². The Morgan fingerprint density at radius 2 is 1.83 bits per heavy atom. The third-order valence-corrected chi connectivity index (χ3v) is 3.92. The number of unbranched alkanes of at least 4 members (excludes halogenated alkanes) is 4. The number of hydrogen-bond donors (Lipinski definition) is 1. The van der Waals surface area contributed by atoms with Gasteiger partial charge in [-0.3, -0.25) is 0 Å². The summed E-state index contributed by atoms with van der Waals surface area (Å²) in [4.78, 5) is 0. The Labute approximate surface area is 87.3 Å². The van der Waals surface area contributed by atoms with Gasteiger partial charge in [-0.05, 0) is 12.7 Å². The molecule has 2 heteroatoms. The van der Waals surface area contributed by atoms with Gasteiger partial charge >= 0.3 is 0 Å². The van der Waals surface area contributed by atoms with Crippen LogP contribution in [-0.4, -0.2) is 17.3 Å². The molecule has 0 saturated heterocycles. The minimum absolute atomic E-state index is 0.787. The van der Waals surface area contributed by atoms with E-state index in [1.165, 1.54) is 38.5 Å². The molecule has 0 rings (SSSR count). The summed E-state index contributed by atoms with van der Waals surface area (Å²) in [7, 11) is 0. The topological polar surface area (TPSA) is 0 Å². The Kier molecular flexibility index (Phi) is 10.4. The maximum atomic E-state index is 4.32. The summed E-state index contributed by atoms with van der Waals surface area (Å²) in [5.41, 5.74) is 0. The van der Waals surface area contributed by atoms with Crippen LogP contribution in [0.5, 0.6) is 0 Å². The molecule has 0 saturated carbocycles. The second-order valence-corrected chi connectivity index (χ2v) is 4.75. The normalized spacial score (nSPS) is 13.2. The highest BCUT2D eigenvalue weighted by Gasteiger charge is 2.02. The van der Waals surface area contributed by atoms with E-state index < -0.39 is 0 Å². The Bertz CT molecular complexity index is 79.9. The lowest BCUT2D eigenvalue weighted by atomic mass is 10.1. The van der Waals surface area contributed by atoms with Gasteiger partial charge in [-0.2, -0.15) is 24.4 Å². The lowest BCUT2D eigenvalue weighted by Gasteiger charge is -2.10. The van der Waals surface area contributed by atoms with Crippen LogP contribution in [0.1, 0.15) is 45.4 Å². The third-order valence-electron chi connectivity index (χ3n) is 2.17. The molecule has 0 aromatic rings. The minimum atomic E-state index is 0.787. The zero-order chi connectivity index (χ0) is 9.23. The summed E-state index contributed by atoms with van der Waals surface area (Å²) < 4.78 is 0. The first-order valence-corrected chi connectivity index (χ1v) is 6.90. The Balaban J connectivity index is 3.06. The molecule has 0 aromatic heterocycles. The zero-order valence-corrected chi connectivity index (χ0v) is 10.1. The smallest absolute Gasteiger partial charge is 0.0132 e. The largest absolute Gasteiger partial charge is 0.178 e. The molecule has 0 aromatic carbocycles. The lowest BCUT2D eigenvalue weighted by molar-refractivity contribution is 0.608. The van der Waals surface area contributed by atoms with E-state index in [0.29, 0.717) is 0 Å². The van der Waals surface area contributed by atoms with Crippen LogP contribution in [0, 0.1) is 0 Å². The van der Waals surface area contributed by atoms with Crippen molar-refractivity contribution in [1.29, 1.82) is 0 Å². The van der Waals surface area contributed by atoms with Gasteiger partial charge in [-0.25, -0.2) is 0 Å². The van der Waals surface area contributed by atoms with Gasteiger partial charge in [-0.1, -0.05) is 39.0 Å². The first kappa shape index (κ1) is 12.7. The van der Waals surface area contributed by atoms with Gasteiger partial charge in [0, 0.05) is 11.0 Å². The highest BCUT2D eigenvalue weighted by atomic mass is 32.2. The molecule has 0 radical (unpaired) electrons. The maximum Gasteiger partial charge on any atom is 0.0132 e. The van der Waals surface area contributed by atoms with Gasteiger partial charge in [0.2, 0.25) is 0 Å². The third kappa shape index (κ3) is 7.35. The van der Waals surface area contributed by atoms with Crippen molar-refractivity contribution in [2.75, 3.05) is 12.0 Å². The molecule has 74 valence electrons. The highest BCUT2D eigenvalue weighted by molar-refractivity contribution is 7.99. The van der Waals surface area contributed by atoms with Crippen LogP contribution in [0.15, 0.2) is 0 Å². The fourth-order valence-corrected chi connectivity index (χ4v) is 2.44. The van der Waals surface area contributed by atoms with Crippen molar-refractivity contribution in [3.63, 3.8) is 0 Å². The van der Waals surface area contributed by atoms with Crippen LogP contribution in [0.2, 0.25) is 0 Å². The van der Waals surface area contributed by atoms with Crippen LogP contribution in [0.4, 0.5) is 0 Å². The van der Waals surface area contributed by atoms with Crippen molar-refractivity contribution in [3.8, 4) is 0 Å². The van der Waals surface area contributed by atoms with Crippen molar-refractivity contribution >= 4 is 24.4 Å². The van der Waals surface area contributed by atoms with Crippen LogP contribution < -0.4 is 0 Å². The quantitative estimate of drug-likeness (QED) is 0.462. The monoisotopic (exact) mass is 206 g/mol. The fraction of sp³-hybridized carbons (Fsp3) is 1.00. The van der Waals surface area contributed by atoms with E-state index in [4.69, 9.17) is 0 Å². The second-order valence-electron chi connectivity index (χ2n) is 3.24. The van der Waals surface area contributed by atoms with Crippen LogP contribution in [-0.2, 0) is 0 Å². The van der Waals surface area contributed by atoms with Crippen molar-refractivity contribution in [1.82, 2.24) is 0 Å². The molecule has 0 aliphatic carbocycles. The number of thiol groups is 1. The Morgan fingerprint density at radius 3 is 2.33 bits per heavy atom. The van der Waals surface area contributed by atoms with Crippen molar-refractivity contribution in [2.45, 2.75) is 50.7 Å². The van der Waals surface area contributed by atoms with Gasteiger partial charge in [0.25, 0.3) is 0 Å². The van der Waals surface area contributed by atoms with Crippen molar-refractivity contribution in [3.05, 3.63) is 0 Å². The van der Waals surface area contributed by atoms with Crippen LogP contribution >= 0.6 is 24.4 Å². The highest BCUT2D eigenvalue weighted by Crippen LogP contribution is 2.16. The molecule has 0 N–H and O–H groups in total. The molecule has 12 heavy (non-hydrogen) atoms. The van der Waals surface area contributed by atoms with E-state index in [9.17, 15) is 0 Å². The molecular formula is C10H22S2. The first-order chi connectivity index (χ1) is 5.85. The fourth-order valence-electron chi connectivity index (χ4n) is 1.26. The van der Waals surface area contributed by atoms with E-state index in [0.717, 1.165) is 11.0 Å². The summed E-state index contributed by atoms with van der Waals surface area (Å²) in [6, 6.07) is 0. The van der Waals surface area contributed by atoms with E-state index in [-0.39, 0.29) is 0 Å². The molecule has 1 unspecified atom stereocenters. The molecule has 0 fully saturated rings. The van der Waals surface area contributed by atoms with E-state index in [1.807, 2.05) is 11.8 Å². The summed E-state index contributed by atoms with van der Waals surface area (Å²) >= 11 is 6.28. The van der Waals surface area contributed by atoms with E-state index in [1.54, 1.807) is 0 Å². The molecule has 0 amide bonds. The predicted molar refractivity (Wildman–Crippen MR) is 64.5 cm³/mol. The van der Waals surface area contributed by atoms with Gasteiger partial charge < -0.3 is 0 Å². The lowest BCUT2D eigenvalue weighted by Crippen LogP contribution is -2.03. The van der Waals surface area contributed by atoms with Gasteiger partial charge in [0.1, 0.15) is 0 Å². The summed E-state index contributed by atoms with van der Waals surface area (Å²) in [5, 5.41) is 0.787. The molecule has 0 spiro atoms. The van der Waals surface area contributed by atoms with E-state index >= 15 is 0 Å². The average Bonchev–Trinajstić information content (AvgIpc) is 2.11. The van der Waals surface area contributed by atoms with Gasteiger partial charge in [0.05, 0.1) is 0 Å². The Morgan fingerprint density at radius 1 is 1.17 bits per heavy atom. The number of hydrogen-bond acceptors (Lipinski definition) is 2. The predicted octanol–water partition coefficient (Wildman–Crippen LogP) is 4.01. The second kappa shape index (κ2) is 9.79. The number of thioether (sulfide) groups is 1. The summed E-state index contributed by atoms with van der Waals surface area (Å²) in [6.45, 7) is 2.26. The van der Waals surface area contributed by atoms with Crippen molar-refractivity contribution in [2.24, 2.45) is 0 Å². The Hall–Kier alpha value is 0.700. The summed E-state index contributed by atoms with van der Waals surface area (Å²) in [5.74, 6) is 1.04. The zero-order valence-electron chi connectivity index (χ0n) is 8.38. The first-order valence-electron chi connectivity index (χ1n) is 4.98. The van der Waals surface area contributed by atoms with Gasteiger partial charge in [-0.15, -0.1) is 0 Å². The molecule has 1 atom stereocenters. The van der Waals surface area contributed by atoms with E-state index in [2.05, 4.69) is 25.8 Å². The minimum Gasteiger partial charge on any atom is -0.178 e. The maximum absolute atomic E-state index is 4.32. The molecule has 0 bridgehead atoms. The van der Waals surface area contributed by atoms with Gasteiger partial charge in [0.15, 0.2) is 0 Å². The molecule has 0 nitrogen and oxygen atoms in total. The average molecular weight is 206 g/mol. The van der Waals surface area contributed by atoms with Crippen LogP contribution in [0.25, 0.3) is 0 Å². The SMILES string of the molecule is CCCCCCCC(CS)SC. The van der Waals surface area contributed by atoms with Crippen LogP contribution in [0.3, 0.4) is 0 Å². The standard InChI is InChI=1S/C10H22S2/c1-3-4-5-6-7-8-10(9-11)12-2/h10-11H,3-9H2,1-2H3. The molecule has 0 aliphatic heterocycles. The number of rotatable bonds is 8. The molecule has 0 aliphatic rings. The molecule has 0 heterocycles.